The molecular weight excluding hydrogens is 180 g/mol. The molecular formula is C9H10N4O. The molecule has 5 nitrogen and oxygen atoms in total. The molecule has 0 atom stereocenters. The third kappa shape index (κ3) is 1.48. The van der Waals surface area contributed by atoms with Crippen LogP contribution < -0.4 is 5.56 Å². The highest BCUT2D eigenvalue weighted by Gasteiger charge is 2.16. The Morgan fingerprint density at radius 2 is 2.21 bits per heavy atom. The number of rotatable bonds is 0. The van der Waals surface area contributed by atoms with E-state index in [1.165, 1.54) is 12.5 Å². The minimum atomic E-state index is -0.382. The Balaban J connectivity index is 2.66. The summed E-state index contributed by atoms with van der Waals surface area (Å²) in [5, 5.41) is 0. The first-order chi connectivity index (χ1) is 6.58. The summed E-state index contributed by atoms with van der Waals surface area (Å²) in [6.07, 6.45) is 4.54. The summed E-state index contributed by atoms with van der Waals surface area (Å²) in [6.45, 7) is 3.82. The molecule has 0 fully saturated rings. The summed E-state index contributed by atoms with van der Waals surface area (Å²) < 4.78 is 0. The first-order valence-electron chi connectivity index (χ1n) is 4.27. The molecule has 14 heavy (non-hydrogen) atoms. The molecule has 2 heterocycles. The van der Waals surface area contributed by atoms with Crippen molar-refractivity contribution in [2.45, 2.75) is 19.4 Å². The highest BCUT2D eigenvalue weighted by molar-refractivity contribution is 5.90. The second-order valence-corrected chi connectivity index (χ2v) is 3.64. The topological polar surface area (TPSA) is 70.5 Å². The summed E-state index contributed by atoms with van der Waals surface area (Å²) >= 11 is 0. The minimum Gasteiger partial charge on any atom is -0.312 e. The lowest BCUT2D eigenvalue weighted by Crippen LogP contribution is -2.18. The summed E-state index contributed by atoms with van der Waals surface area (Å²) in [5.74, 6) is 0.420. The van der Waals surface area contributed by atoms with Gasteiger partial charge in [0.25, 0.3) is 5.56 Å². The van der Waals surface area contributed by atoms with Crippen LogP contribution in [0.4, 0.5) is 5.82 Å². The van der Waals surface area contributed by atoms with Gasteiger partial charge in [-0.2, -0.15) is 0 Å². The molecule has 2 rings (SSSR count). The molecule has 0 aromatic carbocycles. The number of aromatic nitrogens is 2. The minimum absolute atomic E-state index is 0.214. The Bertz CT molecular complexity index is 470. The molecule has 0 amide bonds. The van der Waals surface area contributed by atoms with Crippen LogP contribution >= 0.6 is 0 Å². The molecule has 0 radical (unpaired) electrons. The van der Waals surface area contributed by atoms with Gasteiger partial charge in [-0.1, -0.05) is 0 Å². The van der Waals surface area contributed by atoms with Gasteiger partial charge in [-0.3, -0.25) is 9.79 Å². The smallest absolute Gasteiger partial charge is 0.261 e. The lowest BCUT2D eigenvalue weighted by Gasteiger charge is -2.09. The Morgan fingerprint density at radius 3 is 3.00 bits per heavy atom. The van der Waals surface area contributed by atoms with E-state index in [0.29, 0.717) is 11.4 Å². The van der Waals surface area contributed by atoms with Gasteiger partial charge in [0.05, 0.1) is 11.9 Å². The van der Waals surface area contributed by atoms with E-state index < -0.39 is 0 Å². The van der Waals surface area contributed by atoms with Gasteiger partial charge in [0.1, 0.15) is 5.56 Å². The van der Waals surface area contributed by atoms with Crippen LogP contribution in [0.1, 0.15) is 19.4 Å². The van der Waals surface area contributed by atoms with E-state index in [1.807, 2.05) is 13.8 Å². The van der Waals surface area contributed by atoms with E-state index in [9.17, 15) is 4.79 Å². The number of nitrogens with one attached hydrogen (secondary N) is 1. The van der Waals surface area contributed by atoms with Crippen molar-refractivity contribution in [3.63, 3.8) is 0 Å². The first-order valence-corrected chi connectivity index (χ1v) is 4.27. The van der Waals surface area contributed by atoms with E-state index in [4.69, 9.17) is 0 Å². The number of hydrogen-bond acceptors (Lipinski definition) is 4. The average Bonchev–Trinajstić information content (AvgIpc) is 2.27. The van der Waals surface area contributed by atoms with Gasteiger partial charge in [0.2, 0.25) is 0 Å². The lowest BCUT2D eigenvalue weighted by atomic mass is 10.1. The lowest BCUT2D eigenvalue weighted by molar-refractivity contribution is 0.723. The molecule has 0 aliphatic carbocycles. The highest BCUT2D eigenvalue weighted by Crippen LogP contribution is 2.16. The van der Waals surface area contributed by atoms with Crippen LogP contribution in [-0.4, -0.2) is 27.9 Å². The molecule has 0 bridgehead atoms. The van der Waals surface area contributed by atoms with Crippen LogP contribution in [0.25, 0.3) is 0 Å². The fourth-order valence-corrected chi connectivity index (χ4v) is 1.10. The first kappa shape index (κ1) is 8.80. The summed E-state index contributed by atoms with van der Waals surface area (Å²) in [5.41, 5.74) is -0.185. The second-order valence-electron chi connectivity index (χ2n) is 3.64. The van der Waals surface area contributed by atoms with Crippen LogP contribution in [-0.2, 0) is 0 Å². The molecule has 1 aliphatic rings. The zero-order valence-corrected chi connectivity index (χ0v) is 7.98. The van der Waals surface area contributed by atoms with Crippen molar-refractivity contribution in [2.24, 2.45) is 9.98 Å². The largest absolute Gasteiger partial charge is 0.312 e. The van der Waals surface area contributed by atoms with Crippen molar-refractivity contribution in [3.05, 3.63) is 22.2 Å². The molecule has 0 unspecified atom stereocenters. The predicted molar refractivity (Wildman–Crippen MR) is 54.7 cm³/mol. The van der Waals surface area contributed by atoms with Crippen molar-refractivity contribution < 1.29 is 0 Å². The molecule has 0 saturated carbocycles. The maximum Gasteiger partial charge on any atom is 0.261 e. The van der Waals surface area contributed by atoms with Crippen LogP contribution in [0.2, 0.25) is 0 Å². The SMILES string of the molecule is CC1(C)C=Nc2nc[nH]c(=O)c2C=N1. The Hall–Kier alpha value is -1.78. The molecule has 1 N–H and O–H groups in total. The monoisotopic (exact) mass is 190 g/mol. The normalized spacial score (nSPS) is 17.6. The number of hydrogen-bond donors (Lipinski definition) is 1. The standard InChI is InChI=1S/C9H10N4O/c1-9(2)4-10-7-6(3-13-9)8(14)12-5-11-7/h3-5H,1-2H3,(H,11,12,14). The molecule has 1 aromatic rings. The number of aliphatic imine (C=N–C) groups is 2. The molecule has 72 valence electrons. The van der Waals surface area contributed by atoms with Crippen molar-refractivity contribution in [3.8, 4) is 0 Å². The molecule has 0 saturated heterocycles. The van der Waals surface area contributed by atoms with Gasteiger partial charge >= 0.3 is 0 Å². The van der Waals surface area contributed by atoms with E-state index in [1.54, 1.807) is 6.21 Å². The van der Waals surface area contributed by atoms with Gasteiger partial charge in [0.15, 0.2) is 5.82 Å². The average molecular weight is 190 g/mol. The summed E-state index contributed by atoms with van der Waals surface area (Å²) in [4.78, 5) is 26.2. The zero-order valence-electron chi connectivity index (χ0n) is 7.98. The third-order valence-electron chi connectivity index (χ3n) is 1.90. The Morgan fingerprint density at radius 1 is 1.43 bits per heavy atom. The maximum atomic E-state index is 11.4. The van der Waals surface area contributed by atoms with E-state index in [-0.39, 0.29) is 11.1 Å². The number of fused-ring (bicyclic) bond motifs is 1. The fourth-order valence-electron chi connectivity index (χ4n) is 1.10. The predicted octanol–water partition coefficient (Wildman–Crippen LogP) is 0.683. The Labute approximate surface area is 80.6 Å². The quantitative estimate of drug-likeness (QED) is 0.653. The summed E-state index contributed by atoms with van der Waals surface area (Å²) in [7, 11) is 0. The van der Waals surface area contributed by atoms with Crippen LogP contribution in [0.15, 0.2) is 21.1 Å². The molecule has 5 heteroatoms. The van der Waals surface area contributed by atoms with E-state index in [2.05, 4.69) is 20.0 Å². The molecule has 1 aromatic heterocycles. The number of H-pyrrole nitrogens is 1. The van der Waals surface area contributed by atoms with Gasteiger partial charge in [0, 0.05) is 12.4 Å². The van der Waals surface area contributed by atoms with Gasteiger partial charge in [-0.25, -0.2) is 9.98 Å². The van der Waals surface area contributed by atoms with Crippen LogP contribution in [0, 0.1) is 0 Å². The summed E-state index contributed by atoms with van der Waals surface area (Å²) in [6, 6.07) is 0. The number of aromatic amines is 1. The van der Waals surface area contributed by atoms with Crippen molar-refractivity contribution in [2.75, 3.05) is 0 Å². The van der Waals surface area contributed by atoms with Gasteiger partial charge in [-0.05, 0) is 13.8 Å². The van der Waals surface area contributed by atoms with Crippen LogP contribution in [0.5, 0.6) is 0 Å². The fraction of sp³-hybridized carbons (Fsp3) is 0.333. The number of nitrogens with zero attached hydrogens (tertiary/aromatic N) is 3. The van der Waals surface area contributed by atoms with Gasteiger partial charge < -0.3 is 4.98 Å². The van der Waals surface area contributed by atoms with Crippen molar-refractivity contribution >= 4 is 18.2 Å². The van der Waals surface area contributed by atoms with Crippen molar-refractivity contribution in [1.29, 1.82) is 0 Å². The highest BCUT2D eigenvalue weighted by atomic mass is 16.1. The van der Waals surface area contributed by atoms with E-state index >= 15 is 0 Å². The van der Waals surface area contributed by atoms with E-state index in [0.717, 1.165) is 0 Å². The maximum absolute atomic E-state index is 11.4. The zero-order chi connectivity index (χ0) is 10.2. The molecule has 0 spiro atoms. The molecule has 1 aliphatic heterocycles. The van der Waals surface area contributed by atoms with Gasteiger partial charge in [-0.15, -0.1) is 0 Å². The third-order valence-corrected chi connectivity index (χ3v) is 1.90. The second kappa shape index (κ2) is 2.87. The van der Waals surface area contributed by atoms with Crippen LogP contribution in [0.3, 0.4) is 0 Å². The van der Waals surface area contributed by atoms with Crippen molar-refractivity contribution in [1.82, 2.24) is 9.97 Å². The Kier molecular flexibility index (Phi) is 1.80.